The van der Waals surface area contributed by atoms with Gasteiger partial charge in [0.2, 0.25) is 0 Å². The van der Waals surface area contributed by atoms with E-state index in [0.29, 0.717) is 17.2 Å². The van der Waals surface area contributed by atoms with E-state index < -0.39 is 0 Å². The maximum atomic E-state index is 12.3. The first-order valence-electron chi connectivity index (χ1n) is 7.51. The summed E-state index contributed by atoms with van der Waals surface area (Å²) in [6.07, 6.45) is 8.52. The Morgan fingerprint density at radius 3 is 2.55 bits per heavy atom. The van der Waals surface area contributed by atoms with Gasteiger partial charge in [0.1, 0.15) is 5.82 Å². The first-order chi connectivity index (χ1) is 9.58. The number of nitrogen functional groups attached to an aromatic ring is 1. The highest BCUT2D eigenvalue weighted by molar-refractivity contribution is 5.97. The van der Waals surface area contributed by atoms with Crippen LogP contribution < -0.4 is 11.1 Å². The normalized spacial score (nSPS) is 16.9. The van der Waals surface area contributed by atoms with Crippen molar-refractivity contribution in [1.82, 2.24) is 15.3 Å². The number of hydrogen-bond acceptors (Lipinski definition) is 4. The van der Waals surface area contributed by atoms with Crippen LogP contribution in [0.4, 0.5) is 5.69 Å². The van der Waals surface area contributed by atoms with Crippen LogP contribution >= 0.6 is 0 Å². The van der Waals surface area contributed by atoms with E-state index >= 15 is 0 Å². The maximum Gasteiger partial charge on any atom is 0.272 e. The van der Waals surface area contributed by atoms with E-state index in [1.165, 1.54) is 31.9 Å². The fourth-order valence-electron chi connectivity index (χ4n) is 2.54. The minimum Gasteiger partial charge on any atom is -0.396 e. The SMILES string of the molecule is CC(C)c1ncc(N)c(C(=O)NC2CCCCCC2)n1. The molecule has 1 fully saturated rings. The summed E-state index contributed by atoms with van der Waals surface area (Å²) in [5, 5.41) is 3.07. The molecule has 0 bridgehead atoms. The molecule has 0 spiro atoms. The van der Waals surface area contributed by atoms with Gasteiger partial charge in [0.05, 0.1) is 11.9 Å². The van der Waals surface area contributed by atoms with Crippen LogP contribution in [-0.2, 0) is 0 Å². The average molecular weight is 276 g/mol. The molecule has 2 rings (SSSR count). The minimum absolute atomic E-state index is 0.168. The third-order valence-corrected chi connectivity index (χ3v) is 3.76. The zero-order valence-corrected chi connectivity index (χ0v) is 12.4. The zero-order valence-electron chi connectivity index (χ0n) is 12.4. The molecule has 0 atom stereocenters. The van der Waals surface area contributed by atoms with Gasteiger partial charge in [0, 0.05) is 12.0 Å². The minimum atomic E-state index is -0.168. The van der Waals surface area contributed by atoms with Crippen LogP contribution in [0.3, 0.4) is 0 Å². The fourth-order valence-corrected chi connectivity index (χ4v) is 2.54. The molecule has 1 saturated carbocycles. The van der Waals surface area contributed by atoms with Gasteiger partial charge in [-0.05, 0) is 12.8 Å². The van der Waals surface area contributed by atoms with Crippen molar-refractivity contribution in [2.75, 3.05) is 5.73 Å². The van der Waals surface area contributed by atoms with Gasteiger partial charge < -0.3 is 11.1 Å². The van der Waals surface area contributed by atoms with E-state index in [0.717, 1.165) is 12.8 Å². The number of anilines is 1. The van der Waals surface area contributed by atoms with E-state index in [9.17, 15) is 4.79 Å². The molecule has 0 aromatic carbocycles. The van der Waals surface area contributed by atoms with Crippen LogP contribution in [-0.4, -0.2) is 21.9 Å². The van der Waals surface area contributed by atoms with Crippen LogP contribution in [0.5, 0.6) is 0 Å². The molecule has 1 aliphatic carbocycles. The molecule has 0 saturated heterocycles. The molecule has 1 aromatic rings. The van der Waals surface area contributed by atoms with Crippen LogP contribution in [0, 0.1) is 0 Å². The van der Waals surface area contributed by atoms with Gasteiger partial charge in [-0.3, -0.25) is 4.79 Å². The number of carbonyl (C=O) groups is 1. The van der Waals surface area contributed by atoms with Crippen LogP contribution in [0.1, 0.15) is 74.6 Å². The monoisotopic (exact) mass is 276 g/mol. The number of carbonyl (C=O) groups excluding carboxylic acids is 1. The van der Waals surface area contributed by atoms with Crippen LogP contribution in [0.15, 0.2) is 6.20 Å². The molecule has 3 N–H and O–H groups in total. The van der Waals surface area contributed by atoms with Gasteiger partial charge in [0.15, 0.2) is 5.69 Å². The van der Waals surface area contributed by atoms with Gasteiger partial charge in [-0.1, -0.05) is 39.5 Å². The van der Waals surface area contributed by atoms with Crippen molar-refractivity contribution < 1.29 is 4.79 Å². The number of nitrogens with zero attached hydrogens (tertiary/aromatic N) is 2. The Morgan fingerprint density at radius 2 is 1.95 bits per heavy atom. The molecule has 5 heteroatoms. The van der Waals surface area contributed by atoms with E-state index in [2.05, 4.69) is 15.3 Å². The fraction of sp³-hybridized carbons (Fsp3) is 0.667. The third kappa shape index (κ3) is 3.68. The first kappa shape index (κ1) is 14.8. The van der Waals surface area contributed by atoms with E-state index in [-0.39, 0.29) is 17.9 Å². The molecule has 0 radical (unpaired) electrons. The first-order valence-corrected chi connectivity index (χ1v) is 7.51. The van der Waals surface area contributed by atoms with Crippen molar-refractivity contribution in [3.8, 4) is 0 Å². The summed E-state index contributed by atoms with van der Waals surface area (Å²) in [5.74, 6) is 0.670. The summed E-state index contributed by atoms with van der Waals surface area (Å²) in [6, 6.07) is 0.252. The quantitative estimate of drug-likeness (QED) is 0.832. The highest BCUT2D eigenvalue weighted by Crippen LogP contribution is 2.18. The summed E-state index contributed by atoms with van der Waals surface area (Å²) >= 11 is 0. The van der Waals surface area contributed by atoms with Crippen molar-refractivity contribution in [2.45, 2.75) is 64.3 Å². The second-order valence-electron chi connectivity index (χ2n) is 5.85. The van der Waals surface area contributed by atoms with Crippen molar-refractivity contribution in [1.29, 1.82) is 0 Å². The highest BCUT2D eigenvalue weighted by Gasteiger charge is 2.19. The van der Waals surface area contributed by atoms with Gasteiger partial charge in [-0.15, -0.1) is 0 Å². The summed E-state index contributed by atoms with van der Waals surface area (Å²) in [6.45, 7) is 4.00. The number of nitrogens with one attached hydrogen (secondary N) is 1. The van der Waals surface area contributed by atoms with Crippen molar-refractivity contribution in [3.63, 3.8) is 0 Å². The smallest absolute Gasteiger partial charge is 0.272 e. The lowest BCUT2D eigenvalue weighted by molar-refractivity contribution is 0.0929. The van der Waals surface area contributed by atoms with Gasteiger partial charge in [-0.25, -0.2) is 9.97 Å². The lowest BCUT2D eigenvalue weighted by Crippen LogP contribution is -2.35. The predicted octanol–water partition coefficient (Wildman–Crippen LogP) is 2.63. The van der Waals surface area contributed by atoms with E-state index in [1.807, 2.05) is 13.8 Å². The van der Waals surface area contributed by atoms with E-state index in [1.54, 1.807) is 0 Å². The Hall–Kier alpha value is -1.65. The summed E-state index contributed by atoms with van der Waals surface area (Å²) in [4.78, 5) is 20.8. The lowest BCUT2D eigenvalue weighted by Gasteiger charge is -2.17. The second-order valence-corrected chi connectivity index (χ2v) is 5.85. The largest absolute Gasteiger partial charge is 0.396 e. The van der Waals surface area contributed by atoms with Crippen LogP contribution in [0.2, 0.25) is 0 Å². The molecule has 5 nitrogen and oxygen atoms in total. The molecule has 0 aliphatic heterocycles. The number of nitrogens with two attached hydrogens (primary N) is 1. The average Bonchev–Trinajstić information content (AvgIpc) is 2.67. The third-order valence-electron chi connectivity index (χ3n) is 3.76. The number of rotatable bonds is 3. The summed E-state index contributed by atoms with van der Waals surface area (Å²) in [7, 11) is 0. The molecular weight excluding hydrogens is 252 g/mol. The second kappa shape index (κ2) is 6.68. The standard InChI is InChI=1S/C15H24N4O/c1-10(2)14-17-9-12(16)13(19-14)15(20)18-11-7-5-3-4-6-8-11/h9-11H,3-8,16H2,1-2H3,(H,18,20). The van der Waals surface area contributed by atoms with Gasteiger partial charge in [0.25, 0.3) is 5.91 Å². The Balaban J connectivity index is 2.09. The number of amides is 1. The molecular formula is C15H24N4O. The van der Waals surface area contributed by atoms with Gasteiger partial charge >= 0.3 is 0 Å². The summed E-state index contributed by atoms with van der Waals surface area (Å²) < 4.78 is 0. The predicted molar refractivity (Wildman–Crippen MR) is 79.5 cm³/mol. The van der Waals surface area contributed by atoms with Crippen molar-refractivity contribution in [3.05, 3.63) is 17.7 Å². The Morgan fingerprint density at radius 1 is 1.30 bits per heavy atom. The molecule has 1 aliphatic rings. The maximum absolute atomic E-state index is 12.3. The van der Waals surface area contributed by atoms with Gasteiger partial charge in [-0.2, -0.15) is 0 Å². The number of aromatic nitrogens is 2. The lowest BCUT2D eigenvalue weighted by atomic mass is 10.1. The molecule has 1 amide bonds. The number of hydrogen-bond donors (Lipinski definition) is 2. The Kier molecular flexibility index (Phi) is 4.93. The van der Waals surface area contributed by atoms with Crippen LogP contribution in [0.25, 0.3) is 0 Å². The molecule has 110 valence electrons. The topological polar surface area (TPSA) is 80.9 Å². The Labute approximate surface area is 120 Å². The molecule has 1 heterocycles. The highest BCUT2D eigenvalue weighted by atomic mass is 16.2. The van der Waals surface area contributed by atoms with Crippen molar-refractivity contribution in [2.24, 2.45) is 0 Å². The molecule has 0 unspecified atom stereocenters. The Bertz CT molecular complexity index is 465. The molecule has 20 heavy (non-hydrogen) atoms. The summed E-state index contributed by atoms with van der Waals surface area (Å²) in [5.41, 5.74) is 6.50. The van der Waals surface area contributed by atoms with Crippen molar-refractivity contribution >= 4 is 11.6 Å². The zero-order chi connectivity index (χ0) is 14.5. The van der Waals surface area contributed by atoms with E-state index in [4.69, 9.17) is 5.73 Å². The molecule has 1 aromatic heterocycles.